The van der Waals surface area contributed by atoms with Gasteiger partial charge in [-0.25, -0.2) is 9.97 Å². The first-order valence-corrected chi connectivity index (χ1v) is 12.3. The number of anilines is 2. The van der Waals surface area contributed by atoms with Crippen LogP contribution in [0.25, 0.3) is 0 Å². The van der Waals surface area contributed by atoms with Gasteiger partial charge in [0.1, 0.15) is 17.9 Å². The largest absolute Gasteiger partial charge is 0.439 e. The number of carbonyl (C=O) groups excluding carboxylic acids is 1. The summed E-state index contributed by atoms with van der Waals surface area (Å²) >= 11 is 0. The number of hydrogen-bond donors (Lipinski definition) is 2. The predicted octanol–water partition coefficient (Wildman–Crippen LogP) is 5.50. The Morgan fingerprint density at radius 2 is 1.87 bits per heavy atom. The number of aryl methyl sites for hydroxylation is 1. The molecule has 1 aliphatic heterocycles. The lowest BCUT2D eigenvalue weighted by Gasteiger charge is -2.27. The number of amides is 1. The van der Waals surface area contributed by atoms with Gasteiger partial charge < -0.3 is 20.1 Å². The fraction of sp³-hybridized carbons (Fsp3) is 0.370. The van der Waals surface area contributed by atoms with Crippen LogP contribution in [-0.2, 0) is 17.5 Å². The van der Waals surface area contributed by atoms with Crippen molar-refractivity contribution >= 4 is 17.4 Å². The Hall–Kier alpha value is -3.70. The van der Waals surface area contributed by atoms with Crippen LogP contribution < -0.4 is 15.4 Å². The first-order valence-electron chi connectivity index (χ1n) is 12.3. The van der Waals surface area contributed by atoms with E-state index in [4.69, 9.17) is 9.47 Å². The molecule has 0 unspecified atom stereocenters. The second-order valence-corrected chi connectivity index (χ2v) is 8.99. The van der Waals surface area contributed by atoms with E-state index >= 15 is 0 Å². The van der Waals surface area contributed by atoms with E-state index < -0.39 is 17.6 Å². The average Bonchev–Trinajstić information content (AvgIpc) is 2.86. The fourth-order valence-corrected chi connectivity index (χ4v) is 3.91. The van der Waals surface area contributed by atoms with Crippen molar-refractivity contribution in [3.8, 4) is 11.6 Å². The van der Waals surface area contributed by atoms with Crippen LogP contribution in [0.3, 0.4) is 0 Å². The first kappa shape index (κ1) is 27.3. The van der Waals surface area contributed by atoms with E-state index in [-0.39, 0.29) is 35.3 Å². The molecule has 1 aliphatic rings. The van der Waals surface area contributed by atoms with E-state index in [0.717, 1.165) is 11.6 Å². The molecule has 2 heterocycles. The van der Waals surface area contributed by atoms with Gasteiger partial charge >= 0.3 is 6.18 Å². The highest BCUT2D eigenvalue weighted by atomic mass is 19.4. The zero-order valence-electron chi connectivity index (χ0n) is 21.4. The summed E-state index contributed by atoms with van der Waals surface area (Å²) in [7, 11) is 0. The van der Waals surface area contributed by atoms with E-state index in [0.29, 0.717) is 37.9 Å². The standard InChI is InChI=1S/C27H30F3N5O3/c1-4-35(5-2)13-19-8-9-20(11-22(19)27(28,29)30)34-26(36)18-7-6-17(3)23(10-18)38-25-12-24(31-16-32-25)33-21-14-37-15-21/h6-12,16,21H,4-5,13-15H2,1-3H3,(H,34,36)(H,31,32,33). The molecule has 0 aliphatic carbocycles. The maximum absolute atomic E-state index is 13.8. The zero-order valence-corrected chi connectivity index (χ0v) is 21.4. The molecule has 1 fully saturated rings. The number of halogens is 3. The molecule has 0 spiro atoms. The number of aromatic nitrogens is 2. The normalized spacial score (nSPS) is 13.8. The fourth-order valence-electron chi connectivity index (χ4n) is 3.91. The number of nitrogens with zero attached hydrogens (tertiary/aromatic N) is 3. The monoisotopic (exact) mass is 529 g/mol. The van der Waals surface area contributed by atoms with Gasteiger partial charge in [-0.2, -0.15) is 13.2 Å². The van der Waals surface area contributed by atoms with Gasteiger partial charge in [-0.05, 0) is 55.4 Å². The van der Waals surface area contributed by atoms with E-state index in [1.807, 2.05) is 25.7 Å². The van der Waals surface area contributed by atoms with Gasteiger partial charge in [0.15, 0.2) is 0 Å². The minimum atomic E-state index is -4.55. The van der Waals surface area contributed by atoms with Gasteiger partial charge in [-0.15, -0.1) is 0 Å². The smallest absolute Gasteiger partial charge is 0.416 e. The molecule has 1 aromatic heterocycles. The van der Waals surface area contributed by atoms with Crippen molar-refractivity contribution in [3.05, 3.63) is 71.0 Å². The lowest BCUT2D eigenvalue weighted by molar-refractivity contribution is -0.138. The number of nitrogens with one attached hydrogen (secondary N) is 2. The summed E-state index contributed by atoms with van der Waals surface area (Å²) in [5.74, 6) is 0.691. The number of alkyl halides is 3. The Morgan fingerprint density at radius 1 is 1.11 bits per heavy atom. The number of benzene rings is 2. The molecule has 1 amide bonds. The molecule has 202 valence electrons. The van der Waals surface area contributed by atoms with Crippen LogP contribution in [-0.4, -0.2) is 53.1 Å². The third kappa shape index (κ3) is 6.78. The lowest BCUT2D eigenvalue weighted by Crippen LogP contribution is -2.40. The highest BCUT2D eigenvalue weighted by Gasteiger charge is 2.34. The minimum absolute atomic E-state index is 0.0557. The SMILES string of the molecule is CCN(CC)Cc1ccc(NC(=O)c2ccc(C)c(Oc3cc(NC4COC4)ncn3)c2)cc1C(F)(F)F. The molecule has 0 bridgehead atoms. The molecule has 1 saturated heterocycles. The third-order valence-electron chi connectivity index (χ3n) is 6.26. The predicted molar refractivity (Wildman–Crippen MR) is 138 cm³/mol. The molecule has 4 rings (SSSR count). The summed E-state index contributed by atoms with van der Waals surface area (Å²) in [6.07, 6.45) is -3.18. The van der Waals surface area contributed by atoms with Gasteiger partial charge in [0.2, 0.25) is 5.88 Å². The van der Waals surface area contributed by atoms with Crippen molar-refractivity contribution < 1.29 is 27.4 Å². The summed E-state index contributed by atoms with van der Waals surface area (Å²) in [6.45, 7) is 8.24. The number of rotatable bonds is 10. The van der Waals surface area contributed by atoms with Crippen LogP contribution in [0, 0.1) is 6.92 Å². The number of carbonyl (C=O) groups is 1. The van der Waals surface area contributed by atoms with Gasteiger partial charge in [-0.1, -0.05) is 26.0 Å². The van der Waals surface area contributed by atoms with E-state index in [9.17, 15) is 18.0 Å². The molecule has 3 aromatic rings. The summed E-state index contributed by atoms with van der Waals surface area (Å²) < 4.78 is 52.5. The Bertz CT molecular complexity index is 1280. The van der Waals surface area contributed by atoms with Crippen molar-refractivity contribution in [2.45, 2.75) is 39.5 Å². The Labute approximate surface area is 219 Å². The molecule has 8 nitrogen and oxygen atoms in total. The minimum Gasteiger partial charge on any atom is -0.439 e. The second-order valence-electron chi connectivity index (χ2n) is 8.99. The van der Waals surface area contributed by atoms with Crippen LogP contribution in [0.4, 0.5) is 24.7 Å². The third-order valence-corrected chi connectivity index (χ3v) is 6.26. The van der Waals surface area contributed by atoms with E-state index in [1.54, 1.807) is 18.2 Å². The number of ether oxygens (including phenoxy) is 2. The lowest BCUT2D eigenvalue weighted by atomic mass is 10.0. The van der Waals surface area contributed by atoms with Crippen molar-refractivity contribution in [1.29, 1.82) is 0 Å². The van der Waals surface area contributed by atoms with Gasteiger partial charge in [-0.3, -0.25) is 9.69 Å². The van der Waals surface area contributed by atoms with Crippen LogP contribution in [0.2, 0.25) is 0 Å². The van der Waals surface area contributed by atoms with E-state index in [1.165, 1.54) is 24.5 Å². The number of hydrogen-bond acceptors (Lipinski definition) is 7. The quantitative estimate of drug-likeness (QED) is 0.359. The van der Waals surface area contributed by atoms with Crippen molar-refractivity contribution in [1.82, 2.24) is 14.9 Å². The molecule has 2 aromatic carbocycles. The maximum Gasteiger partial charge on any atom is 0.416 e. The van der Waals surface area contributed by atoms with Crippen LogP contribution in [0.5, 0.6) is 11.6 Å². The summed E-state index contributed by atoms with van der Waals surface area (Å²) in [5.41, 5.74) is 0.429. The Kier molecular flexibility index (Phi) is 8.48. The first-order chi connectivity index (χ1) is 18.2. The summed E-state index contributed by atoms with van der Waals surface area (Å²) in [6, 6.07) is 10.5. The topological polar surface area (TPSA) is 88.6 Å². The van der Waals surface area contributed by atoms with Crippen molar-refractivity contribution in [3.63, 3.8) is 0 Å². The van der Waals surface area contributed by atoms with E-state index in [2.05, 4.69) is 20.6 Å². The Balaban J connectivity index is 1.50. The average molecular weight is 530 g/mol. The molecule has 38 heavy (non-hydrogen) atoms. The van der Waals surface area contributed by atoms with Gasteiger partial charge in [0, 0.05) is 23.9 Å². The van der Waals surface area contributed by atoms with Crippen LogP contribution in [0.15, 0.2) is 48.8 Å². The van der Waals surface area contributed by atoms with Crippen molar-refractivity contribution in [2.75, 3.05) is 36.9 Å². The van der Waals surface area contributed by atoms with Crippen molar-refractivity contribution in [2.24, 2.45) is 0 Å². The summed E-state index contributed by atoms with van der Waals surface area (Å²) in [4.78, 5) is 23.2. The van der Waals surface area contributed by atoms with Gasteiger partial charge in [0.05, 0.1) is 24.8 Å². The van der Waals surface area contributed by atoms with Gasteiger partial charge in [0.25, 0.3) is 5.91 Å². The molecule has 0 saturated carbocycles. The highest BCUT2D eigenvalue weighted by Crippen LogP contribution is 2.35. The van der Waals surface area contributed by atoms with Crippen LogP contribution >= 0.6 is 0 Å². The summed E-state index contributed by atoms with van der Waals surface area (Å²) in [5, 5.41) is 5.79. The molecule has 0 atom stereocenters. The Morgan fingerprint density at radius 3 is 2.53 bits per heavy atom. The molecule has 2 N–H and O–H groups in total. The maximum atomic E-state index is 13.8. The second kappa shape index (κ2) is 11.8. The van der Waals surface area contributed by atoms with Crippen LogP contribution in [0.1, 0.15) is 40.9 Å². The zero-order chi connectivity index (χ0) is 27.3. The molecule has 0 radical (unpaired) electrons. The molecule has 11 heteroatoms. The highest BCUT2D eigenvalue weighted by molar-refractivity contribution is 6.04. The molecular formula is C27H30F3N5O3. The molecular weight excluding hydrogens is 499 g/mol.